The number of nitrogens with zero attached hydrogens (tertiary/aromatic N) is 4. The molecule has 70 heavy (non-hydrogen) atoms. The normalized spacial score (nSPS) is 13.8. The molecule has 2 aromatic heterocycles. The molecule has 11 aromatic carbocycles. The predicted octanol–water partition coefficient (Wildman–Crippen LogP) is 16.3. The number of ether oxygens (including phenoxy) is 2. The van der Waals surface area contributed by atoms with Crippen LogP contribution in [0.3, 0.4) is 0 Å². The van der Waals surface area contributed by atoms with Crippen molar-refractivity contribution in [2.45, 2.75) is 19.6 Å². The van der Waals surface area contributed by atoms with Crippen molar-refractivity contribution in [3.05, 3.63) is 217 Å². The van der Waals surface area contributed by atoms with Crippen molar-refractivity contribution in [3.63, 3.8) is 0 Å². The summed E-state index contributed by atoms with van der Waals surface area (Å²) in [5.41, 5.74) is 12.4. The van der Waals surface area contributed by atoms with E-state index in [-0.39, 0.29) is 6.10 Å². The highest BCUT2D eigenvalue weighted by Crippen LogP contribution is 2.48. The van der Waals surface area contributed by atoms with Crippen LogP contribution in [-0.4, -0.2) is 19.5 Å². The highest BCUT2D eigenvalue weighted by atomic mass is 16.5. The SMILES string of the molecule is CC1Oc2ccccc2-c2ccc(-c3nc(-c4ccc5ccccc5c4)nc(-c4cc5c(cc4-n4c6cc7ccccc7cc6c6cc7ccccc7cc64)-c4ccc6ccccc6c4CO5)n3)cc21. The van der Waals surface area contributed by atoms with E-state index >= 15 is 0 Å². The van der Waals surface area contributed by atoms with Crippen LogP contribution in [0.5, 0.6) is 11.5 Å². The van der Waals surface area contributed by atoms with Gasteiger partial charge in [-0.25, -0.2) is 15.0 Å². The third-order valence-electron chi connectivity index (χ3n) is 14.7. The first-order valence-electron chi connectivity index (χ1n) is 23.9. The molecule has 2 aliphatic heterocycles. The van der Waals surface area contributed by atoms with Gasteiger partial charge < -0.3 is 14.0 Å². The second-order valence-electron chi connectivity index (χ2n) is 18.7. The van der Waals surface area contributed by atoms with Crippen molar-refractivity contribution in [3.8, 4) is 73.6 Å². The first-order valence-corrected chi connectivity index (χ1v) is 23.9. The van der Waals surface area contributed by atoms with E-state index in [0.29, 0.717) is 24.1 Å². The van der Waals surface area contributed by atoms with E-state index in [1.807, 2.05) is 12.1 Å². The van der Waals surface area contributed by atoms with E-state index in [0.717, 1.165) is 94.3 Å². The maximum atomic E-state index is 6.87. The van der Waals surface area contributed by atoms with Gasteiger partial charge in [0.25, 0.3) is 0 Å². The molecule has 0 saturated heterocycles. The molecule has 1 unspecified atom stereocenters. The van der Waals surface area contributed by atoms with Crippen molar-refractivity contribution in [1.29, 1.82) is 0 Å². The number of hydrogen-bond acceptors (Lipinski definition) is 5. The van der Waals surface area contributed by atoms with Gasteiger partial charge in [-0.15, -0.1) is 0 Å². The molecular formula is C64H40N4O2. The Kier molecular flexibility index (Phi) is 8.30. The lowest BCUT2D eigenvalue weighted by molar-refractivity contribution is 0.223. The lowest BCUT2D eigenvalue weighted by atomic mass is 9.91. The zero-order valence-corrected chi connectivity index (χ0v) is 38.0. The summed E-state index contributed by atoms with van der Waals surface area (Å²) < 4.78 is 15.8. The van der Waals surface area contributed by atoms with Crippen molar-refractivity contribution >= 4 is 64.9 Å². The Morgan fingerprint density at radius 3 is 1.69 bits per heavy atom. The number of aromatic nitrogens is 4. The van der Waals surface area contributed by atoms with Crippen LogP contribution in [0.25, 0.3) is 127 Å². The Bertz CT molecular complexity index is 4290. The van der Waals surface area contributed by atoms with Gasteiger partial charge in [0.15, 0.2) is 17.5 Å². The molecule has 13 aromatic rings. The zero-order chi connectivity index (χ0) is 46.0. The van der Waals surface area contributed by atoms with Gasteiger partial charge in [0.05, 0.1) is 16.7 Å². The molecule has 2 aliphatic rings. The molecule has 0 N–H and O–H groups in total. The fourth-order valence-electron chi connectivity index (χ4n) is 11.2. The summed E-state index contributed by atoms with van der Waals surface area (Å²) in [6.07, 6.45) is -0.169. The molecule has 0 amide bonds. The first kappa shape index (κ1) is 38.9. The van der Waals surface area contributed by atoms with E-state index < -0.39 is 0 Å². The van der Waals surface area contributed by atoms with Crippen LogP contribution >= 0.6 is 0 Å². The highest BCUT2D eigenvalue weighted by Gasteiger charge is 2.28. The van der Waals surface area contributed by atoms with Crippen LogP contribution < -0.4 is 9.47 Å². The second kappa shape index (κ2) is 14.9. The molecule has 4 heterocycles. The lowest BCUT2D eigenvalue weighted by Gasteiger charge is -2.27. The fourth-order valence-corrected chi connectivity index (χ4v) is 11.2. The summed E-state index contributed by atoms with van der Waals surface area (Å²) in [5, 5.41) is 11.7. The largest absolute Gasteiger partial charge is 0.488 e. The summed E-state index contributed by atoms with van der Waals surface area (Å²) >= 11 is 0. The molecule has 6 nitrogen and oxygen atoms in total. The standard InChI is InChI=1S/C64H40N4O2/c1-37-51-31-46(25-27-48(51)50-20-10-11-21-60(50)70-37)63-65-62(45-23-22-38-12-2-3-14-40(38)28-45)66-64(67-63)55-35-61-54(49-26-24-39-13-8-9-19-47(39)56(49)36-69-61)34-59(55)68-57-32-43-17-6-4-15-41(43)29-52(57)53-30-42-16-5-7-18-44(42)33-58(53)68/h2-35,37H,36H2,1H3. The summed E-state index contributed by atoms with van der Waals surface area (Å²) in [6.45, 7) is 2.55. The van der Waals surface area contributed by atoms with Crippen LogP contribution in [0, 0.1) is 0 Å². The molecule has 0 spiro atoms. The topological polar surface area (TPSA) is 62.1 Å². The van der Waals surface area contributed by atoms with Crippen molar-refractivity contribution < 1.29 is 9.47 Å². The minimum absolute atomic E-state index is 0.169. The van der Waals surface area contributed by atoms with Crippen molar-refractivity contribution in [2.75, 3.05) is 0 Å². The summed E-state index contributed by atoms with van der Waals surface area (Å²) in [7, 11) is 0. The Labute approximate surface area is 402 Å². The molecule has 0 aliphatic carbocycles. The summed E-state index contributed by atoms with van der Waals surface area (Å²) in [5.74, 6) is 3.37. The van der Waals surface area contributed by atoms with Gasteiger partial charge in [0.2, 0.25) is 0 Å². The van der Waals surface area contributed by atoms with Crippen LogP contribution in [0.15, 0.2) is 206 Å². The number of fused-ring (bicyclic) bond motifs is 14. The van der Waals surface area contributed by atoms with Crippen LogP contribution in [0.1, 0.15) is 24.2 Å². The molecule has 6 heteroatoms. The van der Waals surface area contributed by atoms with E-state index in [1.54, 1.807) is 0 Å². The monoisotopic (exact) mass is 896 g/mol. The molecule has 0 saturated carbocycles. The number of benzene rings is 11. The predicted molar refractivity (Wildman–Crippen MR) is 285 cm³/mol. The first-order chi connectivity index (χ1) is 34.6. The average Bonchev–Trinajstić information content (AvgIpc) is 3.72. The minimum atomic E-state index is -0.169. The Hall–Kier alpha value is -9.13. The molecule has 15 rings (SSSR count). The maximum Gasteiger partial charge on any atom is 0.166 e. The minimum Gasteiger partial charge on any atom is -0.488 e. The zero-order valence-electron chi connectivity index (χ0n) is 38.0. The summed E-state index contributed by atoms with van der Waals surface area (Å²) in [4.78, 5) is 16.3. The van der Waals surface area contributed by atoms with Gasteiger partial charge in [0.1, 0.15) is 24.2 Å². The highest BCUT2D eigenvalue weighted by molar-refractivity contribution is 6.17. The van der Waals surface area contributed by atoms with E-state index in [1.165, 1.54) is 37.9 Å². The quantitative estimate of drug-likeness (QED) is 0.176. The van der Waals surface area contributed by atoms with Gasteiger partial charge >= 0.3 is 0 Å². The molecule has 0 radical (unpaired) electrons. The smallest absolute Gasteiger partial charge is 0.166 e. The third-order valence-corrected chi connectivity index (χ3v) is 14.7. The molecular weight excluding hydrogens is 857 g/mol. The third kappa shape index (κ3) is 5.96. The van der Waals surface area contributed by atoms with E-state index in [2.05, 4.69) is 206 Å². The van der Waals surface area contributed by atoms with Gasteiger partial charge in [-0.3, -0.25) is 0 Å². The molecule has 0 bridgehead atoms. The fraction of sp³-hybridized carbons (Fsp3) is 0.0469. The number of para-hydroxylation sites is 1. The number of rotatable bonds is 4. The Morgan fingerprint density at radius 1 is 0.400 bits per heavy atom. The van der Waals surface area contributed by atoms with Crippen LogP contribution in [0.4, 0.5) is 0 Å². The molecule has 0 fully saturated rings. The van der Waals surface area contributed by atoms with Gasteiger partial charge in [-0.1, -0.05) is 152 Å². The second-order valence-corrected chi connectivity index (χ2v) is 18.7. The Morgan fingerprint density at radius 2 is 0.957 bits per heavy atom. The van der Waals surface area contributed by atoms with Gasteiger partial charge in [-0.2, -0.15) is 0 Å². The van der Waals surface area contributed by atoms with Gasteiger partial charge in [0, 0.05) is 49.7 Å². The van der Waals surface area contributed by atoms with E-state index in [4.69, 9.17) is 24.4 Å². The van der Waals surface area contributed by atoms with Crippen molar-refractivity contribution in [2.24, 2.45) is 0 Å². The summed E-state index contributed by atoms with van der Waals surface area (Å²) in [6, 6.07) is 73.8. The lowest BCUT2D eigenvalue weighted by Crippen LogP contribution is -2.11. The maximum absolute atomic E-state index is 6.87. The number of hydrogen-bond donors (Lipinski definition) is 0. The van der Waals surface area contributed by atoms with Crippen LogP contribution in [0.2, 0.25) is 0 Å². The van der Waals surface area contributed by atoms with Crippen LogP contribution in [-0.2, 0) is 6.61 Å². The average molecular weight is 897 g/mol. The molecule has 328 valence electrons. The van der Waals surface area contributed by atoms with Gasteiger partial charge in [-0.05, 0) is 116 Å². The molecule has 1 atom stereocenters. The Balaban J connectivity index is 1.04. The van der Waals surface area contributed by atoms with Crippen molar-refractivity contribution in [1.82, 2.24) is 19.5 Å². The van der Waals surface area contributed by atoms with E-state index in [9.17, 15) is 0 Å².